The maximum atomic E-state index is 12.1. The molecule has 0 radical (unpaired) electrons. The number of H-pyrrole nitrogens is 1. The Morgan fingerprint density at radius 3 is 2.65 bits per heavy atom. The quantitative estimate of drug-likeness (QED) is 0.206. The lowest BCUT2D eigenvalue weighted by molar-refractivity contribution is -0.129. The van der Waals surface area contributed by atoms with E-state index in [2.05, 4.69) is 23.8 Å². The number of carbonyl (C=O) groups excluding carboxylic acids is 1. The van der Waals surface area contributed by atoms with Gasteiger partial charge in [0, 0.05) is 23.7 Å². The third kappa shape index (κ3) is 5.71. The van der Waals surface area contributed by atoms with Crippen LogP contribution in [-0.4, -0.2) is 26.8 Å². The zero-order valence-electron chi connectivity index (χ0n) is 15.1. The van der Waals surface area contributed by atoms with Crippen molar-refractivity contribution in [3.8, 4) is 0 Å². The molecule has 1 heterocycles. The number of benzene rings is 1. The normalized spacial score (nSPS) is 11.3. The first-order valence-corrected chi connectivity index (χ1v) is 9.65. The molecule has 2 rings (SSSR count). The van der Waals surface area contributed by atoms with Crippen LogP contribution < -0.4 is 11.0 Å². The van der Waals surface area contributed by atoms with Crippen LogP contribution in [0.25, 0.3) is 0 Å². The van der Waals surface area contributed by atoms with E-state index < -0.39 is 0 Å². The summed E-state index contributed by atoms with van der Waals surface area (Å²) in [6.45, 7) is 4.12. The fraction of sp³-hybridized carbons (Fsp3) is 0.421. The highest BCUT2D eigenvalue weighted by atomic mass is 32.2. The molecule has 0 aliphatic carbocycles. The highest BCUT2D eigenvalue weighted by Crippen LogP contribution is 2.30. The van der Waals surface area contributed by atoms with Crippen molar-refractivity contribution < 1.29 is 10.0 Å². The van der Waals surface area contributed by atoms with Crippen molar-refractivity contribution in [2.45, 2.75) is 50.1 Å². The summed E-state index contributed by atoms with van der Waals surface area (Å²) in [5, 5.41) is 9.06. The number of hydrogen-bond acceptors (Lipinski definition) is 5. The van der Waals surface area contributed by atoms with Crippen molar-refractivity contribution in [3.63, 3.8) is 0 Å². The average molecular weight is 375 g/mol. The number of aromatic amines is 1. The van der Waals surface area contributed by atoms with Crippen LogP contribution in [0, 0.1) is 0 Å². The molecule has 0 bridgehead atoms. The molecule has 2 aromatic rings. The van der Waals surface area contributed by atoms with Gasteiger partial charge in [-0.1, -0.05) is 62.4 Å². The molecule has 0 atom stereocenters. The van der Waals surface area contributed by atoms with E-state index in [9.17, 15) is 9.59 Å². The van der Waals surface area contributed by atoms with Gasteiger partial charge in [0.15, 0.2) is 5.16 Å². The lowest BCUT2D eigenvalue weighted by atomic mass is 9.81. The van der Waals surface area contributed by atoms with Gasteiger partial charge in [-0.2, -0.15) is 0 Å². The third-order valence-corrected chi connectivity index (χ3v) is 5.23. The Balaban J connectivity index is 1.97. The van der Waals surface area contributed by atoms with Crippen molar-refractivity contribution in [1.82, 2.24) is 15.4 Å². The highest BCUT2D eigenvalue weighted by Gasteiger charge is 2.25. The van der Waals surface area contributed by atoms with Crippen LogP contribution in [0.4, 0.5) is 0 Å². The fourth-order valence-corrected chi connectivity index (χ4v) is 3.49. The van der Waals surface area contributed by atoms with Crippen molar-refractivity contribution in [2.24, 2.45) is 0 Å². The minimum absolute atomic E-state index is 0.152. The maximum Gasteiger partial charge on any atom is 0.251 e. The van der Waals surface area contributed by atoms with E-state index in [0.29, 0.717) is 11.6 Å². The Hall–Kier alpha value is -2.12. The number of thioether (sulfide) groups is 1. The van der Waals surface area contributed by atoms with Gasteiger partial charge < -0.3 is 4.98 Å². The van der Waals surface area contributed by atoms with Crippen molar-refractivity contribution in [2.75, 3.05) is 5.75 Å². The fourth-order valence-electron chi connectivity index (χ4n) is 2.62. The van der Waals surface area contributed by atoms with Crippen LogP contribution in [0.3, 0.4) is 0 Å². The number of hydroxylamine groups is 1. The van der Waals surface area contributed by atoms with Gasteiger partial charge in [0.05, 0.1) is 5.69 Å². The Morgan fingerprint density at radius 2 is 1.96 bits per heavy atom. The summed E-state index contributed by atoms with van der Waals surface area (Å²) in [5.41, 5.74) is 2.97. The van der Waals surface area contributed by atoms with Crippen molar-refractivity contribution >= 4 is 17.7 Å². The molecule has 0 unspecified atom stereocenters. The van der Waals surface area contributed by atoms with Gasteiger partial charge in [-0.3, -0.25) is 14.8 Å². The van der Waals surface area contributed by atoms with Crippen molar-refractivity contribution in [3.05, 3.63) is 58.0 Å². The molecule has 1 aromatic heterocycles. The first-order valence-electron chi connectivity index (χ1n) is 8.66. The molecule has 0 aliphatic heterocycles. The Bertz CT molecular complexity index is 775. The largest absolute Gasteiger partial charge is 0.301 e. The van der Waals surface area contributed by atoms with Gasteiger partial charge in [0.2, 0.25) is 5.91 Å². The lowest BCUT2D eigenvalue weighted by Crippen LogP contribution is -2.24. The predicted octanol–water partition coefficient (Wildman–Crippen LogP) is 3.25. The number of nitrogens with one attached hydrogen (secondary N) is 2. The summed E-state index contributed by atoms with van der Waals surface area (Å²) in [7, 11) is 0. The van der Waals surface area contributed by atoms with Gasteiger partial charge in [0.1, 0.15) is 0 Å². The molecule has 1 amide bonds. The number of carbonyl (C=O) groups is 1. The minimum Gasteiger partial charge on any atom is -0.301 e. The second-order valence-electron chi connectivity index (χ2n) is 6.62. The Morgan fingerprint density at radius 1 is 1.23 bits per heavy atom. The summed E-state index contributed by atoms with van der Waals surface area (Å²) >= 11 is 1.51. The number of rotatable bonds is 9. The summed E-state index contributed by atoms with van der Waals surface area (Å²) < 4.78 is 0. The van der Waals surface area contributed by atoms with Crippen molar-refractivity contribution in [1.29, 1.82) is 0 Å². The lowest BCUT2D eigenvalue weighted by Gasteiger charge is -2.24. The summed E-state index contributed by atoms with van der Waals surface area (Å²) in [6.07, 6.45) is 2.81. The van der Waals surface area contributed by atoms with Gasteiger partial charge in [-0.05, 0) is 18.4 Å². The van der Waals surface area contributed by atoms with E-state index in [4.69, 9.17) is 5.21 Å². The Labute approximate surface area is 157 Å². The number of nitrogens with zero attached hydrogens (tertiary/aromatic N) is 1. The second-order valence-corrected chi connectivity index (χ2v) is 7.70. The van der Waals surface area contributed by atoms with E-state index in [1.165, 1.54) is 11.8 Å². The van der Waals surface area contributed by atoms with Crippen LogP contribution in [-0.2, 0) is 10.2 Å². The maximum absolute atomic E-state index is 12.1. The molecular formula is C19H25N3O3S. The first-order chi connectivity index (χ1) is 12.4. The van der Waals surface area contributed by atoms with Gasteiger partial charge in [-0.15, -0.1) is 0 Å². The van der Waals surface area contributed by atoms with E-state index in [1.807, 2.05) is 30.3 Å². The van der Waals surface area contributed by atoms with E-state index >= 15 is 0 Å². The average Bonchev–Trinajstić information content (AvgIpc) is 2.64. The molecule has 0 saturated carbocycles. The predicted molar refractivity (Wildman–Crippen MR) is 103 cm³/mol. The zero-order chi connectivity index (χ0) is 19.0. The molecule has 26 heavy (non-hydrogen) atoms. The number of aromatic nitrogens is 2. The molecular weight excluding hydrogens is 350 g/mol. The molecule has 1 aromatic carbocycles. The molecule has 0 saturated heterocycles. The molecule has 0 fully saturated rings. The van der Waals surface area contributed by atoms with E-state index in [-0.39, 0.29) is 16.9 Å². The SMILES string of the molecule is CC(C)(c1ccccc1)c1cc(=O)[nH]c(SCCCCCC(=O)NO)n1. The summed E-state index contributed by atoms with van der Waals surface area (Å²) in [6, 6.07) is 11.6. The smallest absolute Gasteiger partial charge is 0.251 e. The summed E-state index contributed by atoms with van der Waals surface area (Å²) in [4.78, 5) is 30.4. The van der Waals surface area contributed by atoms with E-state index in [0.717, 1.165) is 36.3 Å². The number of hydrogen-bond donors (Lipinski definition) is 3. The number of unbranched alkanes of at least 4 members (excludes halogenated alkanes) is 2. The highest BCUT2D eigenvalue weighted by molar-refractivity contribution is 7.99. The molecule has 7 heteroatoms. The topological polar surface area (TPSA) is 95.1 Å². The summed E-state index contributed by atoms with van der Waals surface area (Å²) in [5.74, 6) is 0.443. The first kappa shape index (κ1) is 20.2. The molecule has 6 nitrogen and oxygen atoms in total. The molecule has 0 aliphatic rings. The van der Waals surface area contributed by atoms with Crippen LogP contribution >= 0.6 is 11.8 Å². The molecule has 3 N–H and O–H groups in total. The van der Waals surface area contributed by atoms with Gasteiger partial charge in [-0.25, -0.2) is 10.5 Å². The van der Waals surface area contributed by atoms with Crippen LogP contribution in [0.2, 0.25) is 0 Å². The monoisotopic (exact) mass is 375 g/mol. The zero-order valence-corrected chi connectivity index (χ0v) is 15.9. The van der Waals surface area contributed by atoms with Crippen LogP contribution in [0.1, 0.15) is 50.8 Å². The standard InChI is InChI=1S/C19H25N3O3S/c1-19(2,14-9-5-3-6-10-14)15-13-17(24)21-18(20-15)26-12-8-4-7-11-16(23)22-25/h3,5-6,9-10,13,25H,4,7-8,11-12H2,1-2H3,(H,22,23)(H,20,21,24). The van der Waals surface area contributed by atoms with Crippen LogP contribution in [0.5, 0.6) is 0 Å². The van der Waals surface area contributed by atoms with Gasteiger partial charge >= 0.3 is 0 Å². The second kappa shape index (κ2) is 9.54. The minimum atomic E-state index is -0.362. The number of amides is 1. The van der Waals surface area contributed by atoms with Crippen LogP contribution in [0.15, 0.2) is 46.3 Å². The third-order valence-electron chi connectivity index (χ3n) is 4.27. The molecule has 140 valence electrons. The Kier molecular flexibility index (Phi) is 7.41. The van der Waals surface area contributed by atoms with Gasteiger partial charge in [0.25, 0.3) is 5.56 Å². The molecule has 0 spiro atoms. The van der Waals surface area contributed by atoms with E-state index in [1.54, 1.807) is 11.5 Å².